The van der Waals surface area contributed by atoms with Crippen molar-refractivity contribution < 1.29 is 23.0 Å². The molecule has 0 saturated heterocycles. The number of hydrogen-bond donors (Lipinski definition) is 0. The Morgan fingerprint density at radius 1 is 1.14 bits per heavy atom. The molecule has 6 heteroatoms. The summed E-state index contributed by atoms with van der Waals surface area (Å²) < 4.78 is 36.4. The maximum Gasteiger partial charge on any atom is 0.200 e. The highest BCUT2D eigenvalue weighted by Crippen LogP contribution is 2.22. The van der Waals surface area contributed by atoms with Gasteiger partial charge in [-0.05, 0) is 30.3 Å². The first-order chi connectivity index (χ1) is 10.0. The third kappa shape index (κ3) is 3.70. The molecule has 0 radical (unpaired) electrons. The summed E-state index contributed by atoms with van der Waals surface area (Å²) in [6.45, 7) is -0.312. The van der Waals surface area contributed by atoms with E-state index in [9.17, 15) is 13.6 Å². The lowest BCUT2D eigenvalue weighted by Gasteiger charge is -2.07. The van der Waals surface area contributed by atoms with Crippen LogP contribution in [0.3, 0.4) is 0 Å². The SMILES string of the molecule is COc1ccc(C(=O)COc2ccc(F)c(Cl)c2)cc1F. The average Bonchev–Trinajstić information content (AvgIpc) is 2.48. The summed E-state index contributed by atoms with van der Waals surface area (Å²) in [5, 5.41) is -0.101. The van der Waals surface area contributed by atoms with E-state index in [2.05, 4.69) is 0 Å². The van der Waals surface area contributed by atoms with Gasteiger partial charge < -0.3 is 9.47 Å². The fraction of sp³-hybridized carbons (Fsp3) is 0.133. The number of methoxy groups -OCH3 is 1. The molecule has 0 heterocycles. The number of Topliss-reactive ketones (excluding diaryl/α,β-unsaturated/α-hetero) is 1. The first kappa shape index (κ1) is 15.3. The lowest BCUT2D eigenvalue weighted by Crippen LogP contribution is -2.12. The molecule has 2 aromatic carbocycles. The van der Waals surface area contributed by atoms with Crippen LogP contribution >= 0.6 is 11.6 Å². The minimum Gasteiger partial charge on any atom is -0.494 e. The molecule has 2 aromatic rings. The number of carbonyl (C=O) groups is 1. The smallest absolute Gasteiger partial charge is 0.200 e. The number of benzene rings is 2. The quantitative estimate of drug-likeness (QED) is 0.786. The zero-order valence-corrected chi connectivity index (χ0v) is 11.8. The number of carbonyl (C=O) groups excluding carboxylic acids is 1. The van der Waals surface area contributed by atoms with Gasteiger partial charge >= 0.3 is 0 Å². The number of ketones is 1. The second-order valence-corrected chi connectivity index (χ2v) is 4.54. The first-order valence-electron chi connectivity index (χ1n) is 5.96. The van der Waals surface area contributed by atoms with Gasteiger partial charge in [0.15, 0.2) is 24.0 Å². The topological polar surface area (TPSA) is 35.5 Å². The van der Waals surface area contributed by atoms with Crippen molar-refractivity contribution in [1.29, 1.82) is 0 Å². The monoisotopic (exact) mass is 312 g/mol. The molecule has 0 saturated carbocycles. The van der Waals surface area contributed by atoms with Crippen molar-refractivity contribution in [2.45, 2.75) is 0 Å². The van der Waals surface area contributed by atoms with E-state index in [0.29, 0.717) is 0 Å². The van der Waals surface area contributed by atoms with Crippen LogP contribution in [0.5, 0.6) is 11.5 Å². The normalized spacial score (nSPS) is 10.3. The minimum absolute atomic E-state index is 0.0535. The van der Waals surface area contributed by atoms with Crippen molar-refractivity contribution >= 4 is 17.4 Å². The Hall–Kier alpha value is -2.14. The third-order valence-electron chi connectivity index (χ3n) is 2.73. The molecule has 3 nitrogen and oxygen atoms in total. The van der Waals surface area contributed by atoms with E-state index in [1.54, 1.807) is 0 Å². The fourth-order valence-corrected chi connectivity index (χ4v) is 1.81. The van der Waals surface area contributed by atoms with Gasteiger partial charge in [0.1, 0.15) is 11.6 Å². The van der Waals surface area contributed by atoms with Crippen molar-refractivity contribution in [2.75, 3.05) is 13.7 Å². The molecule has 0 unspecified atom stereocenters. The molecule has 0 bridgehead atoms. The summed E-state index contributed by atoms with van der Waals surface area (Å²) in [5.41, 5.74) is 0.154. The molecule has 0 fully saturated rings. The van der Waals surface area contributed by atoms with Gasteiger partial charge in [0.25, 0.3) is 0 Å². The van der Waals surface area contributed by atoms with Crippen molar-refractivity contribution in [2.24, 2.45) is 0 Å². The van der Waals surface area contributed by atoms with Gasteiger partial charge in [-0.3, -0.25) is 4.79 Å². The fourth-order valence-electron chi connectivity index (χ4n) is 1.64. The lowest BCUT2D eigenvalue weighted by molar-refractivity contribution is 0.0921. The number of rotatable bonds is 5. The third-order valence-corrected chi connectivity index (χ3v) is 3.02. The average molecular weight is 313 g/mol. The highest BCUT2D eigenvalue weighted by molar-refractivity contribution is 6.30. The zero-order chi connectivity index (χ0) is 15.4. The van der Waals surface area contributed by atoms with Crippen LogP contribution in [0.4, 0.5) is 8.78 Å². The number of ether oxygens (including phenoxy) is 2. The summed E-state index contributed by atoms with van der Waals surface area (Å²) in [5.74, 6) is -1.32. The van der Waals surface area contributed by atoms with E-state index < -0.39 is 17.4 Å². The van der Waals surface area contributed by atoms with E-state index in [1.165, 1.54) is 31.4 Å². The Kier molecular flexibility index (Phi) is 4.75. The maximum atomic E-state index is 13.5. The Balaban J connectivity index is 2.04. The Morgan fingerprint density at radius 2 is 1.90 bits per heavy atom. The second kappa shape index (κ2) is 6.54. The standard InChI is InChI=1S/C15H11ClF2O3/c1-20-15-5-2-9(6-13(15)18)14(19)8-21-10-3-4-12(17)11(16)7-10/h2-7H,8H2,1H3. The van der Waals surface area contributed by atoms with Crippen LogP contribution in [0.25, 0.3) is 0 Å². The van der Waals surface area contributed by atoms with Gasteiger partial charge in [-0.2, -0.15) is 0 Å². The van der Waals surface area contributed by atoms with Crippen molar-refractivity contribution in [3.05, 3.63) is 58.6 Å². The van der Waals surface area contributed by atoms with E-state index in [4.69, 9.17) is 21.1 Å². The van der Waals surface area contributed by atoms with Crippen LogP contribution in [-0.4, -0.2) is 19.5 Å². The summed E-state index contributed by atoms with van der Waals surface area (Å²) in [6, 6.07) is 7.61. The highest BCUT2D eigenvalue weighted by Gasteiger charge is 2.11. The Bertz CT molecular complexity index is 674. The maximum absolute atomic E-state index is 13.5. The highest BCUT2D eigenvalue weighted by atomic mass is 35.5. The molecular formula is C15H11ClF2O3. The van der Waals surface area contributed by atoms with Gasteiger partial charge in [0, 0.05) is 11.6 Å². The Morgan fingerprint density at radius 3 is 2.52 bits per heavy atom. The van der Waals surface area contributed by atoms with Crippen molar-refractivity contribution in [3.63, 3.8) is 0 Å². The van der Waals surface area contributed by atoms with E-state index in [-0.39, 0.29) is 28.7 Å². The van der Waals surface area contributed by atoms with Crippen LogP contribution in [0.1, 0.15) is 10.4 Å². The zero-order valence-electron chi connectivity index (χ0n) is 11.0. The molecule has 110 valence electrons. The Labute approximate surface area is 125 Å². The van der Waals surface area contributed by atoms with Crippen LogP contribution < -0.4 is 9.47 Å². The summed E-state index contributed by atoms with van der Waals surface area (Å²) in [7, 11) is 1.33. The van der Waals surface area contributed by atoms with Crippen LogP contribution in [0.2, 0.25) is 5.02 Å². The molecule has 0 atom stereocenters. The van der Waals surface area contributed by atoms with Gasteiger partial charge in [-0.1, -0.05) is 11.6 Å². The second-order valence-electron chi connectivity index (χ2n) is 4.14. The molecule has 0 aliphatic carbocycles. The molecule has 0 spiro atoms. The molecule has 0 N–H and O–H groups in total. The van der Waals surface area contributed by atoms with Gasteiger partial charge in [0.05, 0.1) is 12.1 Å². The van der Waals surface area contributed by atoms with Crippen LogP contribution in [-0.2, 0) is 0 Å². The molecular weight excluding hydrogens is 302 g/mol. The molecule has 0 aliphatic rings. The summed E-state index contributed by atoms with van der Waals surface area (Å²) in [6.07, 6.45) is 0. The molecule has 21 heavy (non-hydrogen) atoms. The van der Waals surface area contributed by atoms with Gasteiger partial charge in [0.2, 0.25) is 0 Å². The minimum atomic E-state index is -0.631. The molecule has 0 amide bonds. The largest absolute Gasteiger partial charge is 0.494 e. The number of hydrogen-bond acceptors (Lipinski definition) is 3. The number of halogens is 3. The molecule has 0 aromatic heterocycles. The van der Waals surface area contributed by atoms with Crippen LogP contribution in [0, 0.1) is 11.6 Å². The first-order valence-corrected chi connectivity index (χ1v) is 6.33. The summed E-state index contributed by atoms with van der Waals surface area (Å²) >= 11 is 5.60. The predicted molar refractivity (Wildman–Crippen MR) is 74.2 cm³/mol. The van der Waals surface area contributed by atoms with E-state index in [0.717, 1.165) is 12.1 Å². The van der Waals surface area contributed by atoms with E-state index in [1.807, 2.05) is 0 Å². The van der Waals surface area contributed by atoms with Crippen LogP contribution in [0.15, 0.2) is 36.4 Å². The van der Waals surface area contributed by atoms with Gasteiger partial charge in [-0.15, -0.1) is 0 Å². The molecule has 2 rings (SSSR count). The van der Waals surface area contributed by atoms with Gasteiger partial charge in [-0.25, -0.2) is 8.78 Å². The van der Waals surface area contributed by atoms with E-state index >= 15 is 0 Å². The van der Waals surface area contributed by atoms with Crippen molar-refractivity contribution in [3.8, 4) is 11.5 Å². The van der Waals surface area contributed by atoms with Crippen molar-refractivity contribution in [1.82, 2.24) is 0 Å². The summed E-state index contributed by atoms with van der Waals surface area (Å²) in [4.78, 5) is 11.9. The lowest BCUT2D eigenvalue weighted by atomic mass is 10.1. The predicted octanol–water partition coefficient (Wildman–Crippen LogP) is 3.89. The molecule has 0 aliphatic heterocycles.